The van der Waals surface area contributed by atoms with Crippen molar-refractivity contribution >= 4 is 29.3 Å². The third-order valence-corrected chi connectivity index (χ3v) is 6.27. The third kappa shape index (κ3) is 6.49. The molecule has 6 nitrogen and oxygen atoms in total. The van der Waals surface area contributed by atoms with Crippen LogP contribution in [-0.2, 0) is 9.59 Å². The van der Waals surface area contributed by atoms with Crippen LogP contribution in [0.1, 0.15) is 31.2 Å². The second-order valence-electron chi connectivity index (χ2n) is 7.57. The van der Waals surface area contributed by atoms with Crippen molar-refractivity contribution in [3.05, 3.63) is 48.2 Å². The molecular weight excluding hydrogens is 398 g/mol. The smallest absolute Gasteiger partial charge is 0.232 e. The molecule has 0 spiro atoms. The molecule has 2 aromatic rings. The number of amides is 2. The number of pyridine rings is 1. The lowest BCUT2D eigenvalue weighted by atomic mass is 9.93. The van der Waals surface area contributed by atoms with Crippen LogP contribution in [0.25, 0.3) is 0 Å². The zero-order valence-electron chi connectivity index (χ0n) is 17.6. The maximum atomic E-state index is 12.6. The number of likely N-dealkylation sites (tertiary alicyclic amines) is 1. The number of methoxy groups -OCH3 is 1. The van der Waals surface area contributed by atoms with Crippen molar-refractivity contribution in [3.8, 4) is 5.75 Å². The van der Waals surface area contributed by atoms with Crippen molar-refractivity contribution in [3.63, 3.8) is 0 Å². The summed E-state index contributed by atoms with van der Waals surface area (Å²) < 4.78 is 5.20. The molecule has 1 fully saturated rings. The van der Waals surface area contributed by atoms with Crippen LogP contribution >= 0.6 is 11.8 Å². The van der Waals surface area contributed by atoms with E-state index in [9.17, 15) is 9.59 Å². The Morgan fingerprint density at radius 2 is 2.17 bits per heavy atom. The topological polar surface area (TPSA) is 71.5 Å². The molecule has 1 N–H and O–H groups in total. The Morgan fingerprint density at radius 1 is 1.30 bits per heavy atom. The fourth-order valence-electron chi connectivity index (χ4n) is 3.64. The van der Waals surface area contributed by atoms with Crippen molar-refractivity contribution in [2.45, 2.75) is 37.6 Å². The molecule has 1 aliphatic heterocycles. The molecule has 0 bridgehead atoms. The van der Waals surface area contributed by atoms with Gasteiger partial charge in [-0.25, -0.2) is 4.98 Å². The summed E-state index contributed by atoms with van der Waals surface area (Å²) in [6, 6.07) is 11.3. The van der Waals surface area contributed by atoms with Crippen molar-refractivity contribution < 1.29 is 14.3 Å². The number of carbonyl (C=O) groups excluding carboxylic acids is 2. The number of hydrogen-bond acceptors (Lipinski definition) is 5. The van der Waals surface area contributed by atoms with E-state index in [-0.39, 0.29) is 11.8 Å². The van der Waals surface area contributed by atoms with Crippen LogP contribution < -0.4 is 10.1 Å². The van der Waals surface area contributed by atoms with Gasteiger partial charge in [-0.3, -0.25) is 9.59 Å². The maximum Gasteiger partial charge on any atom is 0.232 e. The second-order valence-corrected chi connectivity index (χ2v) is 8.57. The van der Waals surface area contributed by atoms with Crippen LogP contribution in [-0.4, -0.2) is 47.7 Å². The highest BCUT2D eigenvalue weighted by molar-refractivity contribution is 7.99. The summed E-state index contributed by atoms with van der Waals surface area (Å²) >= 11 is 1.47. The minimum absolute atomic E-state index is 0.0115. The summed E-state index contributed by atoms with van der Waals surface area (Å²) in [6.45, 7) is 3.48. The third-order valence-electron chi connectivity index (χ3n) is 5.34. The summed E-state index contributed by atoms with van der Waals surface area (Å²) in [5, 5.41) is 3.85. The molecule has 7 heteroatoms. The first-order chi connectivity index (χ1) is 14.5. The fourth-order valence-corrected chi connectivity index (χ4v) is 4.40. The average molecular weight is 428 g/mol. The number of thioether (sulfide) groups is 1. The summed E-state index contributed by atoms with van der Waals surface area (Å²) in [5.74, 6) is 1.70. The zero-order chi connectivity index (χ0) is 21.3. The van der Waals surface area contributed by atoms with Crippen LogP contribution in [0.15, 0.2) is 47.6 Å². The highest BCUT2D eigenvalue weighted by atomic mass is 32.2. The number of aryl methyl sites for hydroxylation is 1. The van der Waals surface area contributed by atoms with Gasteiger partial charge in [0.1, 0.15) is 5.75 Å². The average Bonchev–Trinajstić information content (AvgIpc) is 2.78. The minimum atomic E-state index is 0.0115. The van der Waals surface area contributed by atoms with Crippen LogP contribution in [0.4, 0.5) is 5.69 Å². The Hall–Kier alpha value is -2.54. The van der Waals surface area contributed by atoms with E-state index < -0.39 is 0 Å². The van der Waals surface area contributed by atoms with E-state index in [1.807, 2.05) is 48.2 Å². The number of aromatic nitrogens is 1. The monoisotopic (exact) mass is 427 g/mol. The highest BCUT2D eigenvalue weighted by Gasteiger charge is 2.24. The Kier molecular flexibility index (Phi) is 8.13. The lowest BCUT2D eigenvalue weighted by Gasteiger charge is -2.32. The summed E-state index contributed by atoms with van der Waals surface area (Å²) in [5.41, 5.74) is 1.79. The van der Waals surface area contributed by atoms with Gasteiger partial charge in [-0.1, -0.05) is 17.8 Å². The van der Waals surface area contributed by atoms with E-state index in [0.29, 0.717) is 18.1 Å². The summed E-state index contributed by atoms with van der Waals surface area (Å²) in [7, 11) is 1.63. The van der Waals surface area contributed by atoms with E-state index in [2.05, 4.69) is 10.3 Å². The van der Waals surface area contributed by atoms with Gasteiger partial charge in [0, 0.05) is 31.4 Å². The van der Waals surface area contributed by atoms with Crippen molar-refractivity contribution in [1.29, 1.82) is 0 Å². The number of rotatable bonds is 8. The first-order valence-electron chi connectivity index (χ1n) is 10.3. The number of hydrogen-bond donors (Lipinski definition) is 1. The summed E-state index contributed by atoms with van der Waals surface area (Å²) in [4.78, 5) is 31.2. The first-order valence-corrected chi connectivity index (χ1v) is 11.3. The quantitative estimate of drug-likeness (QED) is 0.641. The van der Waals surface area contributed by atoms with Gasteiger partial charge in [0.2, 0.25) is 11.8 Å². The molecule has 1 aromatic heterocycles. The summed E-state index contributed by atoms with van der Waals surface area (Å²) in [6.07, 6.45) is 5.04. The van der Waals surface area contributed by atoms with Gasteiger partial charge in [0.15, 0.2) is 0 Å². The number of anilines is 1. The minimum Gasteiger partial charge on any atom is -0.497 e. The van der Waals surface area contributed by atoms with E-state index in [4.69, 9.17) is 4.74 Å². The fraction of sp³-hybridized carbons (Fsp3) is 0.435. The van der Waals surface area contributed by atoms with Crippen LogP contribution in [0.2, 0.25) is 0 Å². The molecule has 1 aliphatic rings. The molecule has 30 heavy (non-hydrogen) atoms. The van der Waals surface area contributed by atoms with Gasteiger partial charge in [0.25, 0.3) is 0 Å². The molecular formula is C23H29N3O3S. The van der Waals surface area contributed by atoms with Crippen LogP contribution in [0, 0.1) is 12.8 Å². The number of benzene rings is 1. The largest absolute Gasteiger partial charge is 0.497 e. The van der Waals surface area contributed by atoms with Gasteiger partial charge in [-0.2, -0.15) is 0 Å². The van der Waals surface area contributed by atoms with E-state index in [0.717, 1.165) is 54.4 Å². The Labute approximate surface area is 182 Å². The molecule has 1 atom stereocenters. The van der Waals surface area contributed by atoms with Gasteiger partial charge >= 0.3 is 0 Å². The molecule has 1 saturated heterocycles. The zero-order valence-corrected chi connectivity index (χ0v) is 18.4. The maximum absolute atomic E-state index is 12.6. The van der Waals surface area contributed by atoms with Gasteiger partial charge in [-0.15, -0.1) is 0 Å². The van der Waals surface area contributed by atoms with Crippen molar-refractivity contribution in [2.75, 3.05) is 31.3 Å². The number of piperidine rings is 1. The van der Waals surface area contributed by atoms with E-state index >= 15 is 0 Å². The Bertz CT molecular complexity index is 860. The van der Waals surface area contributed by atoms with Crippen LogP contribution in [0.5, 0.6) is 5.75 Å². The van der Waals surface area contributed by atoms with Crippen molar-refractivity contribution in [1.82, 2.24) is 9.88 Å². The SMILES string of the molecule is COc1ccc(NC(=O)CC[C@H]2CCCN(C(=O)CSc3ccccn3)C2)c(C)c1. The lowest BCUT2D eigenvalue weighted by Crippen LogP contribution is -2.41. The molecule has 0 radical (unpaired) electrons. The molecule has 1 aromatic carbocycles. The number of ether oxygens (including phenoxy) is 1. The molecule has 160 valence electrons. The number of nitrogens with zero attached hydrogens (tertiary/aromatic N) is 2. The van der Waals surface area contributed by atoms with Crippen molar-refractivity contribution in [2.24, 2.45) is 5.92 Å². The molecule has 0 aliphatic carbocycles. The van der Waals surface area contributed by atoms with E-state index in [1.165, 1.54) is 11.8 Å². The first kappa shape index (κ1) is 22.2. The Balaban J connectivity index is 1.43. The number of carbonyl (C=O) groups is 2. The molecule has 3 rings (SSSR count). The predicted molar refractivity (Wildman–Crippen MR) is 120 cm³/mol. The normalized spacial score (nSPS) is 16.2. The number of nitrogens with one attached hydrogen (secondary N) is 1. The molecule has 0 saturated carbocycles. The standard InChI is InChI=1S/C23H29N3O3S/c1-17-14-19(29-2)9-10-20(17)25-21(27)11-8-18-6-5-13-26(15-18)23(28)16-30-22-7-3-4-12-24-22/h3-4,7,9-10,12,14,18H,5-6,8,11,13,15-16H2,1-2H3,(H,25,27)/t18-/m1/s1. The highest BCUT2D eigenvalue weighted by Crippen LogP contribution is 2.24. The second kappa shape index (κ2) is 11.0. The van der Waals surface area contributed by atoms with Crippen LogP contribution in [0.3, 0.4) is 0 Å². The van der Waals surface area contributed by atoms with Gasteiger partial charge in [0.05, 0.1) is 17.9 Å². The predicted octanol–water partition coefficient (Wildman–Crippen LogP) is 4.15. The van der Waals surface area contributed by atoms with E-state index in [1.54, 1.807) is 13.3 Å². The van der Waals surface area contributed by atoms with Gasteiger partial charge < -0.3 is 15.0 Å². The lowest BCUT2D eigenvalue weighted by molar-refractivity contribution is -0.130. The Morgan fingerprint density at radius 3 is 2.90 bits per heavy atom. The molecule has 2 amide bonds. The van der Waals surface area contributed by atoms with Gasteiger partial charge in [-0.05, 0) is 68.0 Å². The molecule has 2 heterocycles. The molecule has 0 unspecified atom stereocenters.